The van der Waals surface area contributed by atoms with Crippen molar-refractivity contribution >= 4 is 0 Å². The SMILES string of the molecule is C1=CCC2C(=C1)C1(c3ccccc3-c3c(-c4nc(-c5cc(-c6ccccc6)cc(-c6ccccc6)c5)nc(-c5cc(-c6ccccc6)cc(-c6ccccc6)c5)n4)cccc31)c1ccccc12. The van der Waals surface area contributed by atoms with Gasteiger partial charge in [-0.15, -0.1) is 0 Å². The molecule has 3 heteroatoms. The number of rotatable bonds is 7. The summed E-state index contributed by atoms with van der Waals surface area (Å²) in [4.78, 5) is 16.6. The van der Waals surface area contributed by atoms with Crippen LogP contribution in [0.15, 0.2) is 248 Å². The van der Waals surface area contributed by atoms with Crippen molar-refractivity contribution in [3.8, 4) is 89.8 Å². The van der Waals surface area contributed by atoms with E-state index < -0.39 is 5.41 Å². The second kappa shape index (κ2) is 15.9. The van der Waals surface area contributed by atoms with E-state index in [1.54, 1.807) is 0 Å². The highest BCUT2D eigenvalue weighted by Gasteiger charge is 2.55. The average Bonchev–Trinajstić information content (AvgIpc) is 3.89. The number of allylic oxidation sites excluding steroid dienone is 4. The summed E-state index contributed by atoms with van der Waals surface area (Å²) < 4.78 is 0. The van der Waals surface area contributed by atoms with Gasteiger partial charge in [0.15, 0.2) is 17.5 Å². The molecule has 1 spiro atoms. The molecule has 13 rings (SSSR count). The highest BCUT2D eigenvalue weighted by Crippen LogP contribution is 2.66. The van der Waals surface area contributed by atoms with Crippen molar-refractivity contribution in [3.63, 3.8) is 0 Å². The van der Waals surface area contributed by atoms with Crippen LogP contribution in [0.3, 0.4) is 0 Å². The molecule has 314 valence electrons. The maximum atomic E-state index is 5.57. The van der Waals surface area contributed by atoms with Crippen LogP contribution in [0.1, 0.15) is 34.6 Å². The fourth-order valence-corrected chi connectivity index (χ4v) is 11.2. The van der Waals surface area contributed by atoms with Gasteiger partial charge in [0.2, 0.25) is 0 Å². The Bertz CT molecular complexity index is 3330. The highest BCUT2D eigenvalue weighted by molar-refractivity contribution is 5.96. The van der Waals surface area contributed by atoms with Crippen LogP contribution in [0.2, 0.25) is 0 Å². The molecule has 2 atom stereocenters. The van der Waals surface area contributed by atoms with E-state index in [9.17, 15) is 0 Å². The third-order valence-electron chi connectivity index (χ3n) is 14.1. The third-order valence-corrected chi connectivity index (χ3v) is 14.1. The van der Waals surface area contributed by atoms with Crippen LogP contribution in [0.25, 0.3) is 89.8 Å². The highest BCUT2D eigenvalue weighted by atomic mass is 15.0. The quantitative estimate of drug-likeness (QED) is 0.160. The summed E-state index contributed by atoms with van der Waals surface area (Å²) in [5.74, 6) is 2.19. The molecule has 1 heterocycles. The molecule has 3 aliphatic carbocycles. The zero-order chi connectivity index (χ0) is 44.3. The first kappa shape index (κ1) is 38.9. The monoisotopic (exact) mass is 853 g/mol. The molecule has 10 aromatic rings. The molecule has 0 aliphatic heterocycles. The van der Waals surface area contributed by atoms with Gasteiger partial charge in [0.25, 0.3) is 0 Å². The molecule has 2 unspecified atom stereocenters. The van der Waals surface area contributed by atoms with Gasteiger partial charge < -0.3 is 0 Å². The van der Waals surface area contributed by atoms with Gasteiger partial charge in [-0.25, -0.2) is 15.0 Å². The lowest BCUT2D eigenvalue weighted by atomic mass is 9.68. The van der Waals surface area contributed by atoms with E-state index in [1.807, 2.05) is 0 Å². The minimum Gasteiger partial charge on any atom is -0.208 e. The van der Waals surface area contributed by atoms with Gasteiger partial charge in [-0.2, -0.15) is 0 Å². The van der Waals surface area contributed by atoms with E-state index >= 15 is 0 Å². The van der Waals surface area contributed by atoms with E-state index in [0.717, 1.165) is 67.6 Å². The molecule has 0 radical (unpaired) electrons. The van der Waals surface area contributed by atoms with Crippen molar-refractivity contribution in [2.24, 2.45) is 0 Å². The number of fused-ring (bicyclic) bond motifs is 10. The normalized spacial score (nSPS) is 16.2. The number of nitrogens with zero attached hydrogens (tertiary/aromatic N) is 3. The molecule has 0 saturated heterocycles. The van der Waals surface area contributed by atoms with Crippen LogP contribution in [0, 0.1) is 0 Å². The van der Waals surface area contributed by atoms with Crippen molar-refractivity contribution in [1.82, 2.24) is 15.0 Å². The first-order chi connectivity index (χ1) is 33.2. The predicted octanol–water partition coefficient (Wildman–Crippen LogP) is 15.8. The summed E-state index contributed by atoms with van der Waals surface area (Å²) in [6.07, 6.45) is 7.96. The Balaban J connectivity index is 1.09. The first-order valence-electron chi connectivity index (χ1n) is 23.2. The molecule has 0 N–H and O–H groups in total. The third kappa shape index (κ3) is 6.38. The van der Waals surface area contributed by atoms with Gasteiger partial charge in [-0.3, -0.25) is 0 Å². The summed E-state index contributed by atoms with van der Waals surface area (Å²) in [5, 5.41) is 0. The van der Waals surface area contributed by atoms with Crippen LogP contribution in [0.5, 0.6) is 0 Å². The summed E-state index contributed by atoms with van der Waals surface area (Å²) in [6.45, 7) is 0. The molecule has 1 aromatic heterocycles. The first-order valence-corrected chi connectivity index (χ1v) is 23.2. The molecule has 0 saturated carbocycles. The van der Waals surface area contributed by atoms with Crippen molar-refractivity contribution in [1.29, 1.82) is 0 Å². The summed E-state index contributed by atoms with van der Waals surface area (Å²) in [5.41, 5.74) is 20.5. The Morgan fingerprint density at radius 1 is 0.343 bits per heavy atom. The standard InChI is InChI=1S/C64H43N3/c1-5-20-42(21-6-1)46-36-47(43-22-7-2-8-23-43)39-50(38-46)61-65-62(51-40-48(44-24-9-3-10-25-44)37-49(41-51)45-26-11-4-12-27-45)67-63(66-61)55-31-19-35-59-60(55)54-30-15-18-34-58(54)64(59)56-32-16-13-28-52(56)53-29-14-17-33-57(53)64/h1-28,30-41,53H,29H2. The van der Waals surface area contributed by atoms with Crippen LogP contribution in [-0.2, 0) is 5.41 Å². The van der Waals surface area contributed by atoms with E-state index in [0.29, 0.717) is 23.4 Å². The van der Waals surface area contributed by atoms with Gasteiger partial charge >= 0.3 is 0 Å². The zero-order valence-corrected chi connectivity index (χ0v) is 36.7. The molecular weight excluding hydrogens is 811 g/mol. The molecule has 0 fully saturated rings. The molecular formula is C64H43N3. The van der Waals surface area contributed by atoms with E-state index in [4.69, 9.17) is 15.0 Å². The smallest absolute Gasteiger partial charge is 0.164 e. The fraction of sp³-hybridized carbons (Fsp3) is 0.0469. The molecule has 0 bridgehead atoms. The number of aromatic nitrogens is 3. The minimum atomic E-state index is -0.435. The molecule has 3 nitrogen and oxygen atoms in total. The molecule has 0 amide bonds. The Morgan fingerprint density at radius 3 is 1.30 bits per heavy atom. The Kier molecular flexibility index (Phi) is 9.21. The number of benzene rings is 9. The van der Waals surface area contributed by atoms with Crippen LogP contribution >= 0.6 is 0 Å². The van der Waals surface area contributed by atoms with Gasteiger partial charge in [0.05, 0.1) is 5.41 Å². The largest absolute Gasteiger partial charge is 0.208 e. The van der Waals surface area contributed by atoms with Crippen LogP contribution in [-0.4, -0.2) is 15.0 Å². The van der Waals surface area contributed by atoms with Crippen molar-refractivity contribution in [3.05, 3.63) is 271 Å². The lowest BCUT2D eigenvalue weighted by Gasteiger charge is -2.32. The average molecular weight is 854 g/mol. The predicted molar refractivity (Wildman–Crippen MR) is 274 cm³/mol. The molecule has 3 aliphatic rings. The summed E-state index contributed by atoms with van der Waals surface area (Å²) in [6, 6.07) is 80.8. The van der Waals surface area contributed by atoms with Gasteiger partial charge in [0, 0.05) is 22.6 Å². The Hall–Kier alpha value is -8.53. The van der Waals surface area contributed by atoms with Crippen molar-refractivity contribution in [2.45, 2.75) is 17.8 Å². The Labute approximate surface area is 391 Å². The summed E-state index contributed by atoms with van der Waals surface area (Å²) >= 11 is 0. The van der Waals surface area contributed by atoms with E-state index in [1.165, 1.54) is 39.0 Å². The second-order valence-electron chi connectivity index (χ2n) is 17.8. The van der Waals surface area contributed by atoms with Crippen LogP contribution in [0.4, 0.5) is 0 Å². The lowest BCUT2D eigenvalue weighted by molar-refractivity contribution is 0.708. The number of hydrogen-bond acceptors (Lipinski definition) is 3. The van der Waals surface area contributed by atoms with Crippen molar-refractivity contribution < 1.29 is 0 Å². The number of hydrogen-bond donors (Lipinski definition) is 0. The Morgan fingerprint density at radius 2 is 0.761 bits per heavy atom. The lowest BCUT2D eigenvalue weighted by Crippen LogP contribution is -2.27. The van der Waals surface area contributed by atoms with Crippen molar-refractivity contribution in [2.75, 3.05) is 0 Å². The van der Waals surface area contributed by atoms with Crippen LogP contribution < -0.4 is 0 Å². The van der Waals surface area contributed by atoms with Gasteiger partial charge in [0.1, 0.15) is 0 Å². The van der Waals surface area contributed by atoms with E-state index in [2.05, 4.69) is 243 Å². The zero-order valence-electron chi connectivity index (χ0n) is 36.7. The second-order valence-corrected chi connectivity index (χ2v) is 17.8. The maximum absolute atomic E-state index is 5.57. The fourth-order valence-electron chi connectivity index (χ4n) is 11.2. The topological polar surface area (TPSA) is 38.7 Å². The van der Waals surface area contributed by atoms with E-state index in [-0.39, 0.29) is 0 Å². The molecule has 9 aromatic carbocycles. The minimum absolute atomic E-state index is 0.311. The maximum Gasteiger partial charge on any atom is 0.164 e. The summed E-state index contributed by atoms with van der Waals surface area (Å²) in [7, 11) is 0. The van der Waals surface area contributed by atoms with Gasteiger partial charge in [-0.05, 0) is 126 Å². The van der Waals surface area contributed by atoms with Gasteiger partial charge in [-0.1, -0.05) is 206 Å². The molecule has 67 heavy (non-hydrogen) atoms.